The molecule has 1 aromatic rings. The van der Waals surface area contributed by atoms with Crippen molar-refractivity contribution in [1.82, 2.24) is 9.40 Å². The van der Waals surface area contributed by atoms with Crippen molar-refractivity contribution in [2.24, 2.45) is 0 Å². The van der Waals surface area contributed by atoms with Crippen molar-refractivity contribution in [3.8, 4) is 0 Å². The topological polar surface area (TPSA) is 42.4 Å². The Balaban J connectivity index is 2.24. The van der Waals surface area contributed by atoms with Crippen molar-refractivity contribution < 1.29 is 9.53 Å². The van der Waals surface area contributed by atoms with Gasteiger partial charge in [0.05, 0.1) is 5.69 Å². The van der Waals surface area contributed by atoms with E-state index in [0.29, 0.717) is 11.9 Å². The van der Waals surface area contributed by atoms with Crippen molar-refractivity contribution >= 4 is 17.7 Å². The third kappa shape index (κ3) is 1.50. The normalized spacial score (nSPS) is 18.2. The molecule has 0 atom stereocenters. The van der Waals surface area contributed by atoms with Crippen LogP contribution < -0.4 is 0 Å². The average Bonchev–Trinajstić information content (AvgIpc) is 2.49. The molecule has 1 radical (unpaired) electrons. The minimum atomic E-state index is -0.276. The number of aromatic nitrogens is 1. The van der Waals surface area contributed by atoms with E-state index in [1.165, 1.54) is 0 Å². The molecule has 0 aromatic carbocycles. The molecular weight excluding hydrogens is 192 g/mol. The van der Waals surface area contributed by atoms with Gasteiger partial charge in [-0.25, -0.2) is 4.42 Å². The summed E-state index contributed by atoms with van der Waals surface area (Å²) >= 11 is 5.64. The van der Waals surface area contributed by atoms with Gasteiger partial charge in [-0.15, -0.1) is 0 Å². The molecule has 0 aliphatic carbocycles. The largest absolute Gasteiger partial charge is 0.334 e. The Morgan fingerprint density at radius 2 is 2.38 bits per heavy atom. The van der Waals surface area contributed by atoms with E-state index >= 15 is 0 Å². The number of carbonyl (C=O) groups is 1. The van der Waals surface area contributed by atoms with Gasteiger partial charge in [0, 0.05) is 18.0 Å². The van der Waals surface area contributed by atoms with Gasteiger partial charge in [-0.2, -0.15) is 0 Å². The molecule has 2 rings (SSSR count). The molecule has 4 nitrogen and oxygen atoms in total. The zero-order chi connectivity index (χ0) is 9.26. The van der Waals surface area contributed by atoms with Crippen molar-refractivity contribution in [3.05, 3.63) is 36.3 Å². The van der Waals surface area contributed by atoms with Crippen LogP contribution in [0.3, 0.4) is 0 Å². The maximum absolute atomic E-state index is 11.0. The average molecular weight is 198 g/mol. The van der Waals surface area contributed by atoms with E-state index in [0.717, 1.165) is 4.42 Å². The zero-order valence-corrected chi connectivity index (χ0v) is 7.36. The minimum Gasteiger partial charge on any atom is -0.334 e. The van der Waals surface area contributed by atoms with Crippen LogP contribution in [0, 0.1) is 6.23 Å². The Hall–Kier alpha value is -1.13. The van der Waals surface area contributed by atoms with Crippen LogP contribution in [-0.2, 0) is 9.53 Å². The first kappa shape index (κ1) is 8.47. The van der Waals surface area contributed by atoms with Gasteiger partial charge >= 0.3 is 0 Å². The van der Waals surface area contributed by atoms with Crippen LogP contribution in [0.15, 0.2) is 24.4 Å². The maximum atomic E-state index is 11.0. The Morgan fingerprint density at radius 1 is 1.54 bits per heavy atom. The molecule has 1 fully saturated rings. The standard InChI is InChI=1S/C8H6ClN2O2/c9-11-7(12)5-13-8(11)6-3-1-2-4-10-6/h1-4H,5H2. The zero-order valence-electron chi connectivity index (χ0n) is 6.61. The highest BCUT2D eigenvalue weighted by Gasteiger charge is 2.34. The number of carbonyl (C=O) groups excluding carboxylic acids is 1. The molecule has 0 bridgehead atoms. The first-order chi connectivity index (χ1) is 6.29. The first-order valence-electron chi connectivity index (χ1n) is 3.69. The minimum absolute atomic E-state index is 0.0184. The molecule has 1 amide bonds. The van der Waals surface area contributed by atoms with Crippen molar-refractivity contribution in [1.29, 1.82) is 0 Å². The summed E-state index contributed by atoms with van der Waals surface area (Å²) in [5, 5.41) is 0. The fraction of sp³-hybridized carbons (Fsp3) is 0.125. The summed E-state index contributed by atoms with van der Waals surface area (Å²) in [6, 6.07) is 5.30. The van der Waals surface area contributed by atoms with Crippen LogP contribution in [0.1, 0.15) is 5.69 Å². The van der Waals surface area contributed by atoms with Crippen LogP contribution in [-0.4, -0.2) is 21.9 Å². The molecular formula is C8H6ClN2O2. The van der Waals surface area contributed by atoms with Crippen molar-refractivity contribution in [2.45, 2.75) is 0 Å². The van der Waals surface area contributed by atoms with E-state index in [1.54, 1.807) is 24.4 Å². The van der Waals surface area contributed by atoms with Gasteiger partial charge in [-0.3, -0.25) is 9.78 Å². The summed E-state index contributed by atoms with van der Waals surface area (Å²) in [5.41, 5.74) is 0.559. The fourth-order valence-electron chi connectivity index (χ4n) is 1.02. The second-order valence-corrected chi connectivity index (χ2v) is 2.82. The predicted molar refractivity (Wildman–Crippen MR) is 45.2 cm³/mol. The van der Waals surface area contributed by atoms with E-state index < -0.39 is 0 Å². The lowest BCUT2D eigenvalue weighted by atomic mass is 10.3. The molecule has 5 heteroatoms. The highest BCUT2D eigenvalue weighted by molar-refractivity contribution is 6.23. The Morgan fingerprint density at radius 3 is 2.92 bits per heavy atom. The number of hydrogen-bond acceptors (Lipinski definition) is 3. The number of ether oxygens (including phenoxy) is 1. The Kier molecular flexibility index (Phi) is 2.16. The first-order valence-corrected chi connectivity index (χ1v) is 4.03. The quantitative estimate of drug-likeness (QED) is 0.629. The van der Waals surface area contributed by atoms with E-state index in [-0.39, 0.29) is 12.5 Å². The molecule has 1 aliphatic heterocycles. The van der Waals surface area contributed by atoms with E-state index in [4.69, 9.17) is 16.5 Å². The lowest BCUT2D eigenvalue weighted by molar-refractivity contribution is -0.123. The molecule has 0 saturated carbocycles. The fourth-order valence-corrected chi connectivity index (χ4v) is 1.20. The van der Waals surface area contributed by atoms with Crippen LogP contribution in [0.5, 0.6) is 0 Å². The van der Waals surface area contributed by atoms with Crippen LogP contribution in [0.25, 0.3) is 0 Å². The molecule has 67 valence electrons. The summed E-state index contributed by atoms with van der Waals surface area (Å²) in [6.07, 6.45) is 1.91. The molecule has 0 N–H and O–H groups in total. The van der Waals surface area contributed by atoms with Gasteiger partial charge in [0.2, 0.25) is 0 Å². The summed E-state index contributed by atoms with van der Waals surface area (Å²) < 4.78 is 6.01. The molecule has 1 saturated heterocycles. The Labute approximate surface area is 80.2 Å². The summed E-state index contributed by atoms with van der Waals surface area (Å²) in [4.78, 5) is 15.0. The van der Waals surface area contributed by atoms with Crippen molar-refractivity contribution in [2.75, 3.05) is 6.61 Å². The van der Waals surface area contributed by atoms with E-state index in [1.807, 2.05) is 0 Å². The van der Waals surface area contributed by atoms with Crippen LogP contribution in [0.2, 0.25) is 0 Å². The molecule has 2 heterocycles. The summed E-state index contributed by atoms with van der Waals surface area (Å²) in [5.74, 6) is -0.276. The summed E-state index contributed by atoms with van der Waals surface area (Å²) in [7, 11) is 0. The Bertz CT molecular complexity index is 317. The second kappa shape index (κ2) is 3.32. The lowest BCUT2D eigenvalue weighted by Crippen LogP contribution is -2.19. The number of hydrogen-bond donors (Lipinski definition) is 0. The predicted octanol–water partition coefficient (Wildman–Crippen LogP) is 0.932. The second-order valence-electron chi connectivity index (χ2n) is 2.48. The highest BCUT2D eigenvalue weighted by atomic mass is 35.5. The van der Waals surface area contributed by atoms with Gasteiger partial charge in [0.25, 0.3) is 12.1 Å². The van der Waals surface area contributed by atoms with Crippen molar-refractivity contribution in [3.63, 3.8) is 0 Å². The monoisotopic (exact) mass is 197 g/mol. The van der Waals surface area contributed by atoms with Crippen LogP contribution in [0.4, 0.5) is 0 Å². The van der Waals surface area contributed by atoms with E-state index in [2.05, 4.69) is 4.98 Å². The van der Waals surface area contributed by atoms with E-state index in [9.17, 15) is 4.79 Å². The third-order valence-corrected chi connectivity index (χ3v) is 1.96. The number of rotatable bonds is 1. The van der Waals surface area contributed by atoms with Gasteiger partial charge in [-0.05, 0) is 12.1 Å². The SMILES string of the molecule is O=C1CO[C](c2ccccn2)N1Cl. The summed E-state index contributed by atoms with van der Waals surface area (Å²) in [6.45, 7) is -0.0184. The van der Waals surface area contributed by atoms with Gasteiger partial charge in [0.1, 0.15) is 6.61 Å². The number of halogens is 1. The number of nitrogens with zero attached hydrogens (tertiary/aromatic N) is 2. The molecule has 1 aromatic heterocycles. The van der Waals surface area contributed by atoms with Gasteiger partial charge < -0.3 is 4.74 Å². The third-order valence-electron chi connectivity index (χ3n) is 1.61. The molecule has 0 unspecified atom stereocenters. The van der Waals surface area contributed by atoms with Gasteiger partial charge in [0.15, 0.2) is 0 Å². The molecule has 0 spiro atoms. The van der Waals surface area contributed by atoms with Crippen LogP contribution >= 0.6 is 11.8 Å². The highest BCUT2D eigenvalue weighted by Crippen LogP contribution is 2.26. The molecule has 1 aliphatic rings. The van der Waals surface area contributed by atoms with Gasteiger partial charge in [-0.1, -0.05) is 6.07 Å². The number of pyridine rings is 1. The smallest absolute Gasteiger partial charge is 0.266 e. The molecule has 13 heavy (non-hydrogen) atoms. The number of amides is 1. The lowest BCUT2D eigenvalue weighted by Gasteiger charge is -2.11. The maximum Gasteiger partial charge on any atom is 0.266 e.